The number of carbonyl (C=O) groups excluding carboxylic acids is 2. The quantitative estimate of drug-likeness (QED) is 0.828. The predicted molar refractivity (Wildman–Crippen MR) is 90.5 cm³/mol. The normalized spacial score (nSPS) is 15.8. The standard InChI is InChI=1S/C17H24FN3O3/c1-17(2,3)24-16(23)21-9-7-12(8-10-21)20-14-6-4-5-13(18)15(14)19-11-22/h4-6,11-12,20H,7-10H2,1-3H3,(H,19,22). The third-order valence-corrected chi connectivity index (χ3v) is 3.72. The van der Waals surface area contributed by atoms with Gasteiger partial charge in [0.05, 0.1) is 5.69 Å². The van der Waals surface area contributed by atoms with Crippen LogP contribution in [0.2, 0.25) is 0 Å². The van der Waals surface area contributed by atoms with E-state index in [1.165, 1.54) is 6.07 Å². The average molecular weight is 337 g/mol. The van der Waals surface area contributed by atoms with E-state index < -0.39 is 11.4 Å². The number of carbonyl (C=O) groups is 2. The van der Waals surface area contributed by atoms with E-state index in [4.69, 9.17) is 4.74 Å². The van der Waals surface area contributed by atoms with Crippen LogP contribution in [0.15, 0.2) is 18.2 Å². The van der Waals surface area contributed by atoms with Crippen molar-refractivity contribution in [3.8, 4) is 0 Å². The first-order valence-corrected chi connectivity index (χ1v) is 8.03. The first kappa shape index (κ1) is 18.0. The minimum Gasteiger partial charge on any atom is -0.444 e. The number of para-hydroxylation sites is 1. The number of nitrogens with zero attached hydrogens (tertiary/aromatic N) is 1. The van der Waals surface area contributed by atoms with Gasteiger partial charge in [-0.15, -0.1) is 0 Å². The lowest BCUT2D eigenvalue weighted by atomic mass is 10.0. The summed E-state index contributed by atoms with van der Waals surface area (Å²) in [6.07, 6.45) is 1.58. The lowest BCUT2D eigenvalue weighted by Gasteiger charge is -2.34. The van der Waals surface area contributed by atoms with Gasteiger partial charge in [0.2, 0.25) is 6.41 Å². The van der Waals surface area contributed by atoms with E-state index in [9.17, 15) is 14.0 Å². The molecule has 24 heavy (non-hydrogen) atoms. The van der Waals surface area contributed by atoms with Crippen molar-refractivity contribution in [3.05, 3.63) is 24.0 Å². The number of hydrogen-bond donors (Lipinski definition) is 2. The summed E-state index contributed by atoms with van der Waals surface area (Å²) in [5, 5.41) is 5.63. The number of benzene rings is 1. The lowest BCUT2D eigenvalue weighted by molar-refractivity contribution is -0.105. The van der Waals surface area contributed by atoms with Crippen molar-refractivity contribution in [2.75, 3.05) is 23.7 Å². The SMILES string of the molecule is CC(C)(C)OC(=O)N1CCC(Nc2cccc(F)c2NC=O)CC1. The number of amides is 2. The third kappa shape index (κ3) is 4.84. The molecule has 0 bridgehead atoms. The van der Waals surface area contributed by atoms with E-state index in [1.807, 2.05) is 20.8 Å². The van der Waals surface area contributed by atoms with E-state index in [0.717, 1.165) is 12.8 Å². The van der Waals surface area contributed by atoms with Gasteiger partial charge in [0, 0.05) is 19.1 Å². The molecule has 2 amide bonds. The Hall–Kier alpha value is -2.31. The van der Waals surface area contributed by atoms with Gasteiger partial charge in [0.15, 0.2) is 0 Å². The number of nitrogens with one attached hydrogen (secondary N) is 2. The Labute approximate surface area is 141 Å². The first-order chi connectivity index (χ1) is 11.3. The summed E-state index contributed by atoms with van der Waals surface area (Å²) in [7, 11) is 0. The summed E-state index contributed by atoms with van der Waals surface area (Å²) in [6, 6.07) is 4.69. The molecule has 0 aromatic heterocycles. The fraction of sp³-hybridized carbons (Fsp3) is 0.529. The number of halogens is 1. The van der Waals surface area contributed by atoms with Crippen molar-refractivity contribution in [1.29, 1.82) is 0 Å². The molecule has 1 saturated heterocycles. The van der Waals surface area contributed by atoms with Crippen LogP contribution in [0.1, 0.15) is 33.6 Å². The molecule has 2 N–H and O–H groups in total. The number of likely N-dealkylation sites (tertiary alicyclic amines) is 1. The van der Waals surface area contributed by atoms with Gasteiger partial charge in [-0.1, -0.05) is 6.07 Å². The molecular weight excluding hydrogens is 313 g/mol. The second-order valence-corrected chi connectivity index (χ2v) is 6.81. The van der Waals surface area contributed by atoms with Crippen molar-refractivity contribution in [1.82, 2.24) is 4.90 Å². The molecule has 1 fully saturated rings. The molecule has 0 spiro atoms. The Bertz CT molecular complexity index is 593. The highest BCUT2D eigenvalue weighted by Gasteiger charge is 2.27. The molecule has 0 saturated carbocycles. The molecule has 7 heteroatoms. The van der Waals surface area contributed by atoms with Crippen LogP contribution in [0.3, 0.4) is 0 Å². The van der Waals surface area contributed by atoms with Crippen LogP contribution in [-0.2, 0) is 9.53 Å². The van der Waals surface area contributed by atoms with Crippen molar-refractivity contribution < 1.29 is 18.7 Å². The topological polar surface area (TPSA) is 70.7 Å². The van der Waals surface area contributed by atoms with Crippen molar-refractivity contribution >= 4 is 23.9 Å². The number of piperidine rings is 1. The zero-order valence-electron chi connectivity index (χ0n) is 14.3. The fourth-order valence-electron chi connectivity index (χ4n) is 2.60. The minimum atomic E-state index is -0.511. The van der Waals surface area contributed by atoms with Crippen molar-refractivity contribution in [3.63, 3.8) is 0 Å². The molecule has 1 aromatic carbocycles. The Balaban J connectivity index is 1.93. The monoisotopic (exact) mass is 337 g/mol. The zero-order chi connectivity index (χ0) is 17.7. The smallest absolute Gasteiger partial charge is 0.410 e. The van der Waals surface area contributed by atoms with Crippen molar-refractivity contribution in [2.24, 2.45) is 0 Å². The van der Waals surface area contributed by atoms with Crippen LogP contribution in [0.25, 0.3) is 0 Å². The van der Waals surface area contributed by atoms with Crippen LogP contribution in [-0.4, -0.2) is 42.1 Å². The maximum Gasteiger partial charge on any atom is 0.410 e. The van der Waals surface area contributed by atoms with Gasteiger partial charge in [0.25, 0.3) is 0 Å². The molecule has 1 aliphatic rings. The molecule has 1 aromatic rings. The molecular formula is C17H24FN3O3. The van der Waals surface area contributed by atoms with E-state index in [0.29, 0.717) is 25.2 Å². The highest BCUT2D eigenvalue weighted by molar-refractivity contribution is 5.81. The summed E-state index contributed by atoms with van der Waals surface area (Å²) in [6.45, 7) is 6.65. The summed E-state index contributed by atoms with van der Waals surface area (Å²) in [4.78, 5) is 24.4. The highest BCUT2D eigenvalue weighted by atomic mass is 19.1. The molecule has 132 valence electrons. The van der Waals surface area contributed by atoms with Gasteiger partial charge in [-0.25, -0.2) is 9.18 Å². The third-order valence-electron chi connectivity index (χ3n) is 3.72. The van der Waals surface area contributed by atoms with Gasteiger partial charge in [-0.3, -0.25) is 4.79 Å². The van der Waals surface area contributed by atoms with Crippen LogP contribution in [0.5, 0.6) is 0 Å². The minimum absolute atomic E-state index is 0.0951. The van der Waals surface area contributed by atoms with Crippen molar-refractivity contribution in [2.45, 2.75) is 45.3 Å². The maximum absolute atomic E-state index is 13.8. The summed E-state index contributed by atoms with van der Waals surface area (Å²) in [5.74, 6) is -0.488. The molecule has 0 aliphatic carbocycles. The molecule has 0 unspecified atom stereocenters. The van der Waals surface area contributed by atoms with E-state index in [-0.39, 0.29) is 17.8 Å². The summed E-state index contributed by atoms with van der Waals surface area (Å²) < 4.78 is 19.2. The highest BCUT2D eigenvalue weighted by Crippen LogP contribution is 2.27. The van der Waals surface area contributed by atoms with E-state index in [2.05, 4.69) is 10.6 Å². The Morgan fingerprint density at radius 2 is 2.00 bits per heavy atom. The summed E-state index contributed by atoms with van der Waals surface area (Å²) in [5.41, 5.74) is 0.170. The van der Waals surface area contributed by atoms with Crippen LogP contribution in [0.4, 0.5) is 20.6 Å². The first-order valence-electron chi connectivity index (χ1n) is 8.03. The molecule has 6 nitrogen and oxygen atoms in total. The Kier molecular flexibility index (Phi) is 5.64. The second-order valence-electron chi connectivity index (χ2n) is 6.81. The predicted octanol–water partition coefficient (Wildman–Crippen LogP) is 3.21. The molecule has 1 aliphatic heterocycles. The molecule has 2 rings (SSSR count). The summed E-state index contributed by atoms with van der Waals surface area (Å²) >= 11 is 0. The molecule has 0 atom stereocenters. The molecule has 0 radical (unpaired) electrons. The van der Waals surface area contributed by atoms with Gasteiger partial charge < -0.3 is 20.3 Å². The fourth-order valence-corrected chi connectivity index (χ4v) is 2.60. The van der Waals surface area contributed by atoms with Crippen LogP contribution in [0, 0.1) is 5.82 Å². The Morgan fingerprint density at radius 1 is 1.33 bits per heavy atom. The van der Waals surface area contributed by atoms with Crippen LogP contribution >= 0.6 is 0 Å². The number of rotatable bonds is 4. The van der Waals surface area contributed by atoms with Gasteiger partial charge in [-0.2, -0.15) is 0 Å². The molecule has 1 heterocycles. The number of anilines is 2. The largest absolute Gasteiger partial charge is 0.444 e. The van der Waals surface area contributed by atoms with Gasteiger partial charge in [-0.05, 0) is 45.7 Å². The zero-order valence-corrected chi connectivity index (χ0v) is 14.3. The average Bonchev–Trinajstić information content (AvgIpc) is 2.50. The maximum atomic E-state index is 13.8. The van der Waals surface area contributed by atoms with Gasteiger partial charge >= 0.3 is 6.09 Å². The lowest BCUT2D eigenvalue weighted by Crippen LogP contribution is -2.44. The number of hydrogen-bond acceptors (Lipinski definition) is 4. The van der Waals surface area contributed by atoms with Gasteiger partial charge in [0.1, 0.15) is 17.1 Å². The van der Waals surface area contributed by atoms with E-state index >= 15 is 0 Å². The van der Waals surface area contributed by atoms with Crippen LogP contribution < -0.4 is 10.6 Å². The Morgan fingerprint density at radius 3 is 2.58 bits per heavy atom. The number of ether oxygens (including phenoxy) is 1. The second kappa shape index (κ2) is 7.51. The van der Waals surface area contributed by atoms with E-state index in [1.54, 1.807) is 17.0 Å².